The molecule has 43 heavy (non-hydrogen) atoms. The normalized spacial score (nSPS) is 15.4. The minimum absolute atomic E-state index is 0.00558. The minimum Gasteiger partial charge on any atom is -0.497 e. The Labute approximate surface area is 269 Å². The van der Waals surface area contributed by atoms with Crippen molar-refractivity contribution in [2.45, 2.75) is 72.2 Å². The fourth-order valence-corrected chi connectivity index (χ4v) is 7.22. The number of carbonyl (C=O) groups is 1. The van der Waals surface area contributed by atoms with Gasteiger partial charge in [-0.3, -0.25) is 4.79 Å². The largest absolute Gasteiger partial charge is 0.497 e. The lowest BCUT2D eigenvalue weighted by Crippen LogP contribution is -2.35. The van der Waals surface area contributed by atoms with Crippen molar-refractivity contribution in [3.63, 3.8) is 0 Å². The second-order valence-electron chi connectivity index (χ2n) is 13.1. The number of carbonyl (C=O) groups excluding carboxylic acids is 1. The predicted octanol–water partition coefficient (Wildman–Crippen LogP) is 8.24. The molecule has 0 saturated carbocycles. The zero-order valence-electron chi connectivity index (χ0n) is 26.7. The molecule has 7 heteroatoms. The van der Waals surface area contributed by atoms with E-state index >= 15 is 0 Å². The monoisotopic (exact) mass is 663 g/mol. The van der Waals surface area contributed by atoms with E-state index in [2.05, 4.69) is 102 Å². The van der Waals surface area contributed by atoms with E-state index in [-0.39, 0.29) is 17.4 Å². The Bertz CT molecular complexity index is 1350. The quantitative estimate of drug-likeness (QED) is 0.198. The summed E-state index contributed by atoms with van der Waals surface area (Å²) in [6.07, 6.45) is 4.47. The van der Waals surface area contributed by atoms with Crippen molar-refractivity contribution in [3.8, 4) is 5.75 Å². The molecule has 1 fully saturated rings. The summed E-state index contributed by atoms with van der Waals surface area (Å²) in [7, 11) is 0.875. The van der Waals surface area contributed by atoms with Gasteiger partial charge in [-0.1, -0.05) is 73.1 Å². The molecule has 1 atom stereocenters. The molecule has 1 aliphatic heterocycles. The van der Waals surface area contributed by atoms with Gasteiger partial charge in [0.05, 0.1) is 13.2 Å². The summed E-state index contributed by atoms with van der Waals surface area (Å²) >= 11 is 3.71. The zero-order chi connectivity index (χ0) is 31.0. The van der Waals surface area contributed by atoms with E-state index in [1.165, 1.54) is 34.0 Å². The molecular formula is C36H48BrN2O3Si. The first-order valence-corrected chi connectivity index (χ1v) is 18.7. The van der Waals surface area contributed by atoms with Crippen LogP contribution in [0.25, 0.3) is 0 Å². The second-order valence-corrected chi connectivity index (χ2v) is 16.0. The highest BCUT2D eigenvalue weighted by molar-refractivity contribution is 9.10. The molecule has 1 N–H and O–H groups in total. The molecule has 3 aromatic rings. The zero-order valence-corrected chi connectivity index (χ0v) is 29.3. The Morgan fingerprint density at radius 2 is 1.74 bits per heavy atom. The van der Waals surface area contributed by atoms with Gasteiger partial charge in [0.15, 0.2) is 0 Å². The number of rotatable bonds is 12. The third-order valence-electron chi connectivity index (χ3n) is 8.22. The molecule has 1 saturated heterocycles. The minimum atomic E-state index is -0.849. The number of likely N-dealkylation sites (tertiary alicyclic amines) is 1. The van der Waals surface area contributed by atoms with Crippen molar-refractivity contribution < 1.29 is 14.0 Å². The highest BCUT2D eigenvalue weighted by Crippen LogP contribution is 2.37. The van der Waals surface area contributed by atoms with Crippen LogP contribution in [-0.4, -0.2) is 46.6 Å². The summed E-state index contributed by atoms with van der Waals surface area (Å²) in [6, 6.07) is 22.8. The molecule has 1 heterocycles. The molecule has 1 aliphatic rings. The molecule has 0 bridgehead atoms. The average Bonchev–Trinajstić information content (AvgIpc) is 2.99. The number of nitrogens with zero attached hydrogens (tertiary/aromatic N) is 1. The first-order valence-electron chi connectivity index (χ1n) is 15.5. The van der Waals surface area contributed by atoms with E-state index in [1.54, 1.807) is 7.11 Å². The Morgan fingerprint density at radius 3 is 2.44 bits per heavy atom. The van der Waals surface area contributed by atoms with E-state index in [0.29, 0.717) is 12.5 Å². The molecule has 231 valence electrons. The number of amides is 1. The van der Waals surface area contributed by atoms with Crippen LogP contribution in [0.1, 0.15) is 72.3 Å². The fourth-order valence-electron chi connectivity index (χ4n) is 5.85. The number of nitrogens with one attached hydrogen (secondary N) is 1. The number of benzene rings is 3. The molecule has 0 aliphatic carbocycles. The first-order chi connectivity index (χ1) is 20.5. The Hall–Kier alpha value is -2.45. The van der Waals surface area contributed by atoms with E-state index in [9.17, 15) is 4.79 Å². The van der Waals surface area contributed by atoms with Crippen LogP contribution < -0.4 is 10.1 Å². The van der Waals surface area contributed by atoms with Gasteiger partial charge in [0, 0.05) is 23.1 Å². The maximum atomic E-state index is 13.1. The highest BCUT2D eigenvalue weighted by atomic mass is 79.9. The van der Waals surface area contributed by atoms with Gasteiger partial charge in [-0.15, -0.1) is 0 Å². The second kappa shape index (κ2) is 15.5. The standard InChI is InChI=1S/C36H48BrN2O3Si/c1-36(2,3)34(42-43(5)6)29-11-8-10-28(23-29)25-38-35(40)30-12-7-9-26(21-30)15-18-39-19-16-27(17-20-39)22-31-24-32(41-4)13-14-33(31)37/h7-14,21,23-24,27,34H,15-20,22,25H2,1-6H3,(H,38,40). The first kappa shape index (κ1) is 33.4. The van der Waals surface area contributed by atoms with Crippen molar-refractivity contribution in [1.29, 1.82) is 0 Å². The van der Waals surface area contributed by atoms with Crippen LogP contribution in [-0.2, 0) is 23.8 Å². The molecule has 1 amide bonds. The summed E-state index contributed by atoms with van der Waals surface area (Å²) < 4.78 is 13.0. The number of methoxy groups -OCH3 is 1. The smallest absolute Gasteiger partial charge is 0.251 e. The molecule has 0 spiro atoms. The van der Waals surface area contributed by atoms with Crippen LogP contribution in [0.2, 0.25) is 13.1 Å². The lowest BCUT2D eigenvalue weighted by Gasteiger charge is -2.33. The van der Waals surface area contributed by atoms with Gasteiger partial charge in [0.1, 0.15) is 5.75 Å². The van der Waals surface area contributed by atoms with Crippen LogP contribution in [0.4, 0.5) is 0 Å². The number of piperidine rings is 1. The maximum Gasteiger partial charge on any atom is 0.251 e. The summed E-state index contributed by atoms with van der Waals surface area (Å²) in [6.45, 7) is 14.7. The summed E-state index contributed by atoms with van der Waals surface area (Å²) in [5.74, 6) is 1.58. The molecule has 1 radical (unpaired) electrons. The number of hydrogen-bond acceptors (Lipinski definition) is 4. The number of hydrogen-bond donors (Lipinski definition) is 1. The maximum absolute atomic E-state index is 13.1. The van der Waals surface area contributed by atoms with Crippen molar-refractivity contribution in [2.75, 3.05) is 26.7 Å². The third kappa shape index (κ3) is 10.0. The van der Waals surface area contributed by atoms with Gasteiger partial charge in [0.2, 0.25) is 9.04 Å². The van der Waals surface area contributed by atoms with E-state index in [1.807, 2.05) is 24.3 Å². The van der Waals surface area contributed by atoms with Crippen LogP contribution >= 0.6 is 15.9 Å². The summed E-state index contributed by atoms with van der Waals surface area (Å²) in [5, 5.41) is 3.13. The van der Waals surface area contributed by atoms with Gasteiger partial charge >= 0.3 is 0 Å². The van der Waals surface area contributed by atoms with Gasteiger partial charge in [-0.25, -0.2) is 0 Å². The van der Waals surface area contributed by atoms with Crippen molar-refractivity contribution >= 4 is 30.9 Å². The molecule has 0 aromatic heterocycles. The van der Waals surface area contributed by atoms with Gasteiger partial charge in [0.25, 0.3) is 5.91 Å². The van der Waals surface area contributed by atoms with Crippen molar-refractivity contribution in [1.82, 2.24) is 10.2 Å². The highest BCUT2D eigenvalue weighted by Gasteiger charge is 2.28. The lowest BCUT2D eigenvalue weighted by molar-refractivity contribution is 0.0865. The Morgan fingerprint density at radius 1 is 1.02 bits per heavy atom. The Balaban J connectivity index is 1.26. The molecule has 1 unspecified atom stereocenters. The molecule has 4 rings (SSSR count). The predicted molar refractivity (Wildman–Crippen MR) is 182 cm³/mol. The van der Waals surface area contributed by atoms with Crippen molar-refractivity contribution in [2.24, 2.45) is 11.3 Å². The number of ether oxygens (including phenoxy) is 1. The van der Waals surface area contributed by atoms with Crippen LogP contribution in [0.15, 0.2) is 71.2 Å². The topological polar surface area (TPSA) is 50.8 Å². The third-order valence-corrected chi connectivity index (χ3v) is 9.70. The lowest BCUT2D eigenvalue weighted by atomic mass is 9.84. The molecule has 3 aromatic carbocycles. The van der Waals surface area contributed by atoms with E-state index in [0.717, 1.165) is 49.4 Å². The van der Waals surface area contributed by atoms with Crippen LogP contribution in [0.5, 0.6) is 5.75 Å². The van der Waals surface area contributed by atoms with Gasteiger partial charge in [-0.2, -0.15) is 0 Å². The summed E-state index contributed by atoms with van der Waals surface area (Å²) in [4.78, 5) is 15.7. The van der Waals surface area contributed by atoms with Crippen LogP contribution in [0.3, 0.4) is 0 Å². The SMILES string of the molecule is COc1ccc(Br)c(CC2CCN(CCc3cccc(C(=O)NCc4cccc(C(O[Si](C)C)C(C)(C)C)c4)c3)CC2)c1. The number of halogens is 1. The van der Waals surface area contributed by atoms with Crippen molar-refractivity contribution in [3.05, 3.63) is 99.0 Å². The van der Waals surface area contributed by atoms with E-state index < -0.39 is 9.04 Å². The molecule has 5 nitrogen and oxygen atoms in total. The van der Waals surface area contributed by atoms with E-state index in [4.69, 9.17) is 9.16 Å². The van der Waals surface area contributed by atoms with Gasteiger partial charge in [-0.05, 0) is 116 Å². The fraction of sp³-hybridized carbons (Fsp3) is 0.472. The van der Waals surface area contributed by atoms with Crippen LogP contribution in [0, 0.1) is 11.3 Å². The van der Waals surface area contributed by atoms with Gasteiger partial charge < -0.3 is 19.4 Å². The molecular weight excluding hydrogens is 616 g/mol. The average molecular weight is 665 g/mol. The Kier molecular flexibility index (Phi) is 12.1. The summed E-state index contributed by atoms with van der Waals surface area (Å²) in [5.41, 5.74) is 5.51.